The van der Waals surface area contributed by atoms with Crippen molar-refractivity contribution in [1.29, 1.82) is 0 Å². The van der Waals surface area contributed by atoms with Gasteiger partial charge in [0, 0.05) is 12.6 Å². The minimum atomic E-state index is -3.44. The monoisotopic (exact) mass is 318 g/mol. The van der Waals surface area contributed by atoms with Crippen LogP contribution in [0.2, 0.25) is 0 Å². The van der Waals surface area contributed by atoms with Gasteiger partial charge in [0.05, 0.1) is 4.90 Å². The molecule has 22 heavy (non-hydrogen) atoms. The van der Waals surface area contributed by atoms with Crippen molar-refractivity contribution in [3.63, 3.8) is 0 Å². The van der Waals surface area contributed by atoms with Crippen LogP contribution in [-0.4, -0.2) is 38.4 Å². The van der Waals surface area contributed by atoms with Gasteiger partial charge in [-0.15, -0.1) is 0 Å². The fraction of sp³-hybridized carbons (Fsp3) is 0.412. The van der Waals surface area contributed by atoms with Gasteiger partial charge in [0.15, 0.2) is 0 Å². The second-order valence-corrected chi connectivity index (χ2v) is 7.59. The van der Waals surface area contributed by atoms with Gasteiger partial charge in [-0.25, -0.2) is 8.42 Å². The summed E-state index contributed by atoms with van der Waals surface area (Å²) in [5.74, 6) is 0. The number of rotatable bonds is 4. The Kier molecular flexibility index (Phi) is 4.47. The van der Waals surface area contributed by atoms with Crippen molar-refractivity contribution in [3.05, 3.63) is 42.5 Å². The SMILES string of the molecule is CCN(C1CCNCC1)S(=O)(=O)c1ccc2ccccc2c1. The van der Waals surface area contributed by atoms with Crippen molar-refractivity contribution in [3.8, 4) is 0 Å². The van der Waals surface area contributed by atoms with Gasteiger partial charge in [0.25, 0.3) is 0 Å². The third-order valence-electron chi connectivity index (χ3n) is 4.36. The quantitative estimate of drug-likeness (QED) is 0.943. The summed E-state index contributed by atoms with van der Waals surface area (Å²) in [5, 5.41) is 5.31. The highest BCUT2D eigenvalue weighted by Crippen LogP contribution is 2.25. The molecule has 118 valence electrons. The van der Waals surface area contributed by atoms with Crippen LogP contribution in [0, 0.1) is 0 Å². The molecule has 0 amide bonds. The van der Waals surface area contributed by atoms with Crippen molar-refractivity contribution in [1.82, 2.24) is 9.62 Å². The molecule has 0 unspecified atom stereocenters. The number of fused-ring (bicyclic) bond motifs is 1. The highest BCUT2D eigenvalue weighted by atomic mass is 32.2. The molecule has 2 aromatic rings. The van der Waals surface area contributed by atoms with E-state index < -0.39 is 10.0 Å². The summed E-state index contributed by atoms with van der Waals surface area (Å²) >= 11 is 0. The van der Waals surface area contributed by atoms with Gasteiger partial charge >= 0.3 is 0 Å². The summed E-state index contributed by atoms with van der Waals surface area (Å²) in [7, 11) is -3.44. The van der Waals surface area contributed by atoms with Crippen molar-refractivity contribution >= 4 is 20.8 Å². The molecular formula is C17H22N2O2S. The van der Waals surface area contributed by atoms with E-state index in [1.807, 2.05) is 37.3 Å². The van der Waals surface area contributed by atoms with Crippen molar-refractivity contribution in [2.75, 3.05) is 19.6 Å². The Morgan fingerprint density at radius 2 is 1.77 bits per heavy atom. The standard InChI is InChI=1S/C17H22N2O2S/c1-2-19(16-9-11-18-12-10-16)22(20,21)17-8-7-14-5-3-4-6-15(14)13-17/h3-8,13,16,18H,2,9-12H2,1H3. The summed E-state index contributed by atoms with van der Waals surface area (Å²) in [6.07, 6.45) is 1.75. The molecule has 5 heteroatoms. The van der Waals surface area contributed by atoms with E-state index in [4.69, 9.17) is 0 Å². The zero-order chi connectivity index (χ0) is 15.6. The minimum absolute atomic E-state index is 0.0997. The van der Waals surface area contributed by atoms with Gasteiger partial charge < -0.3 is 5.32 Å². The van der Waals surface area contributed by atoms with Gasteiger partial charge in [-0.1, -0.05) is 37.3 Å². The van der Waals surface area contributed by atoms with Crippen LogP contribution in [0.3, 0.4) is 0 Å². The Balaban J connectivity index is 1.98. The molecule has 0 aliphatic carbocycles. The van der Waals surface area contributed by atoms with Crippen molar-refractivity contribution in [2.24, 2.45) is 0 Å². The molecule has 1 fully saturated rings. The first-order valence-electron chi connectivity index (χ1n) is 7.84. The maximum absolute atomic E-state index is 13.0. The zero-order valence-corrected chi connectivity index (χ0v) is 13.6. The Hall–Kier alpha value is -1.43. The number of hydrogen-bond acceptors (Lipinski definition) is 3. The fourth-order valence-electron chi connectivity index (χ4n) is 3.18. The lowest BCUT2D eigenvalue weighted by Crippen LogP contribution is -2.45. The first-order valence-corrected chi connectivity index (χ1v) is 9.28. The molecule has 0 bridgehead atoms. The lowest BCUT2D eigenvalue weighted by molar-refractivity contribution is 0.271. The molecular weight excluding hydrogens is 296 g/mol. The highest BCUT2D eigenvalue weighted by molar-refractivity contribution is 7.89. The molecule has 1 heterocycles. The van der Waals surface area contributed by atoms with Gasteiger partial charge in [-0.2, -0.15) is 4.31 Å². The Bertz CT molecular complexity index is 752. The van der Waals surface area contributed by atoms with Gasteiger partial charge in [-0.05, 0) is 48.8 Å². The molecule has 2 aromatic carbocycles. The molecule has 3 rings (SSSR count). The fourth-order valence-corrected chi connectivity index (χ4v) is 4.91. The summed E-state index contributed by atoms with van der Waals surface area (Å²) in [4.78, 5) is 0.395. The third kappa shape index (κ3) is 2.89. The predicted octanol–water partition coefficient (Wildman–Crippen LogP) is 2.60. The van der Waals surface area contributed by atoms with E-state index in [-0.39, 0.29) is 6.04 Å². The van der Waals surface area contributed by atoms with Crippen LogP contribution < -0.4 is 5.32 Å². The van der Waals surface area contributed by atoms with E-state index in [2.05, 4.69) is 5.32 Å². The van der Waals surface area contributed by atoms with E-state index in [1.165, 1.54) is 0 Å². The third-order valence-corrected chi connectivity index (χ3v) is 6.38. The highest BCUT2D eigenvalue weighted by Gasteiger charge is 2.31. The van der Waals surface area contributed by atoms with E-state index in [0.717, 1.165) is 36.7 Å². The number of benzene rings is 2. The van der Waals surface area contributed by atoms with Crippen LogP contribution in [0.4, 0.5) is 0 Å². The number of sulfonamides is 1. The average Bonchev–Trinajstić information content (AvgIpc) is 2.56. The van der Waals surface area contributed by atoms with E-state index in [0.29, 0.717) is 11.4 Å². The lowest BCUT2D eigenvalue weighted by Gasteiger charge is -2.33. The van der Waals surface area contributed by atoms with Crippen LogP contribution >= 0.6 is 0 Å². The summed E-state index contributed by atoms with van der Waals surface area (Å²) in [6, 6.07) is 13.3. The van der Waals surface area contributed by atoms with Gasteiger partial charge in [-0.3, -0.25) is 0 Å². The van der Waals surface area contributed by atoms with E-state index in [9.17, 15) is 8.42 Å². The Morgan fingerprint density at radius 3 is 2.45 bits per heavy atom. The number of piperidine rings is 1. The normalized spacial score (nSPS) is 17.2. The Labute approximate surface area is 132 Å². The summed E-state index contributed by atoms with van der Waals surface area (Å²) < 4.78 is 27.7. The van der Waals surface area contributed by atoms with E-state index >= 15 is 0 Å². The smallest absolute Gasteiger partial charge is 0.243 e. The first-order chi connectivity index (χ1) is 10.6. The molecule has 1 aliphatic heterocycles. The Morgan fingerprint density at radius 1 is 1.09 bits per heavy atom. The van der Waals surface area contributed by atoms with Crippen LogP contribution in [-0.2, 0) is 10.0 Å². The largest absolute Gasteiger partial charge is 0.317 e. The number of hydrogen-bond donors (Lipinski definition) is 1. The van der Waals surface area contributed by atoms with Crippen LogP contribution in [0.15, 0.2) is 47.4 Å². The van der Waals surface area contributed by atoms with Gasteiger partial charge in [0.1, 0.15) is 0 Å². The lowest BCUT2D eigenvalue weighted by atomic mass is 10.1. The van der Waals surface area contributed by atoms with Crippen LogP contribution in [0.5, 0.6) is 0 Å². The second-order valence-electron chi connectivity index (χ2n) is 5.70. The molecule has 0 atom stereocenters. The predicted molar refractivity (Wildman–Crippen MR) is 89.4 cm³/mol. The molecule has 0 aromatic heterocycles. The summed E-state index contributed by atoms with van der Waals surface area (Å²) in [5.41, 5.74) is 0. The van der Waals surface area contributed by atoms with Crippen molar-refractivity contribution < 1.29 is 8.42 Å². The van der Waals surface area contributed by atoms with E-state index in [1.54, 1.807) is 16.4 Å². The van der Waals surface area contributed by atoms with Gasteiger partial charge in [0.2, 0.25) is 10.0 Å². The topological polar surface area (TPSA) is 49.4 Å². The molecule has 4 nitrogen and oxygen atoms in total. The number of nitrogens with one attached hydrogen (secondary N) is 1. The molecule has 1 saturated heterocycles. The summed E-state index contributed by atoms with van der Waals surface area (Å²) in [6.45, 7) is 4.20. The maximum Gasteiger partial charge on any atom is 0.243 e. The molecule has 0 spiro atoms. The van der Waals surface area contributed by atoms with Crippen LogP contribution in [0.25, 0.3) is 10.8 Å². The first kappa shape index (κ1) is 15.5. The molecule has 0 radical (unpaired) electrons. The molecule has 1 N–H and O–H groups in total. The number of nitrogens with zero attached hydrogens (tertiary/aromatic N) is 1. The molecule has 0 saturated carbocycles. The van der Waals surface area contributed by atoms with Crippen LogP contribution in [0.1, 0.15) is 19.8 Å². The molecule has 1 aliphatic rings. The van der Waals surface area contributed by atoms with Crippen molar-refractivity contribution in [2.45, 2.75) is 30.7 Å². The zero-order valence-electron chi connectivity index (χ0n) is 12.8. The average molecular weight is 318 g/mol. The maximum atomic E-state index is 13.0. The minimum Gasteiger partial charge on any atom is -0.317 e. The second kappa shape index (κ2) is 6.36.